The lowest BCUT2D eigenvalue weighted by Crippen LogP contribution is -2.33. The first-order valence-electron chi connectivity index (χ1n) is 10.0. The Labute approximate surface area is 169 Å². The number of hydrogen-bond donors (Lipinski definition) is 1. The van der Waals surface area contributed by atoms with E-state index >= 15 is 0 Å². The first-order valence-corrected chi connectivity index (χ1v) is 10.0. The molecular weight excluding hydrogens is 399 g/mol. The van der Waals surface area contributed by atoms with Gasteiger partial charge in [0.2, 0.25) is 0 Å². The fraction of sp³-hybridized carbons (Fsp3) is 0.526. The van der Waals surface area contributed by atoms with Gasteiger partial charge in [-0.15, -0.1) is 15.3 Å². The Kier molecular flexibility index (Phi) is 4.48. The SMILES string of the molecule is O=c1ccc(C2CC2)nn1C1CCC(Nc2ccc3nnc(C(F)(F)F)n3n2)CC1. The van der Waals surface area contributed by atoms with Gasteiger partial charge in [-0.3, -0.25) is 4.79 Å². The first kappa shape index (κ1) is 19.0. The van der Waals surface area contributed by atoms with Crippen LogP contribution in [0.4, 0.5) is 19.0 Å². The molecule has 3 aromatic rings. The molecule has 3 aromatic heterocycles. The number of halogens is 3. The van der Waals surface area contributed by atoms with Gasteiger partial charge in [-0.25, -0.2) is 4.68 Å². The molecular formula is C19H20F3N7O. The molecule has 158 valence electrons. The molecule has 2 saturated carbocycles. The fourth-order valence-electron chi connectivity index (χ4n) is 4.01. The van der Waals surface area contributed by atoms with E-state index < -0.39 is 12.0 Å². The molecule has 1 N–H and O–H groups in total. The normalized spacial score (nSPS) is 22.4. The van der Waals surface area contributed by atoms with Gasteiger partial charge in [-0.1, -0.05) is 0 Å². The first-order chi connectivity index (χ1) is 14.4. The quantitative estimate of drug-likeness (QED) is 0.699. The van der Waals surface area contributed by atoms with Gasteiger partial charge in [0.15, 0.2) is 5.65 Å². The molecule has 8 nitrogen and oxygen atoms in total. The standard InChI is InChI=1S/C19H20F3N7O/c20-19(21,22)18-25-24-16-9-8-15(27-29(16)18)23-12-3-5-13(6-4-12)28-17(30)10-7-14(26-28)11-1-2-11/h7-13H,1-6H2,(H,23,27). The molecule has 2 fully saturated rings. The predicted octanol–water partition coefficient (Wildman–Crippen LogP) is 3.17. The minimum Gasteiger partial charge on any atom is -0.366 e. The van der Waals surface area contributed by atoms with Crippen LogP contribution in [0.2, 0.25) is 0 Å². The summed E-state index contributed by atoms with van der Waals surface area (Å²) in [6.07, 6.45) is 0.686. The van der Waals surface area contributed by atoms with E-state index in [9.17, 15) is 18.0 Å². The highest BCUT2D eigenvalue weighted by atomic mass is 19.4. The highest BCUT2D eigenvalue weighted by Gasteiger charge is 2.37. The van der Waals surface area contributed by atoms with Gasteiger partial charge in [0.1, 0.15) is 5.82 Å². The zero-order valence-corrected chi connectivity index (χ0v) is 16.0. The van der Waals surface area contributed by atoms with Crippen LogP contribution in [0.5, 0.6) is 0 Å². The number of nitrogens with one attached hydrogen (secondary N) is 1. The van der Waals surface area contributed by atoms with Gasteiger partial charge >= 0.3 is 6.18 Å². The number of hydrogen-bond acceptors (Lipinski definition) is 6. The van der Waals surface area contributed by atoms with E-state index in [1.165, 1.54) is 6.07 Å². The molecule has 0 aliphatic heterocycles. The van der Waals surface area contributed by atoms with E-state index in [-0.39, 0.29) is 23.3 Å². The summed E-state index contributed by atoms with van der Waals surface area (Å²) < 4.78 is 41.4. The van der Waals surface area contributed by atoms with E-state index in [0.29, 0.717) is 16.3 Å². The molecule has 0 aromatic carbocycles. The summed E-state index contributed by atoms with van der Waals surface area (Å²) in [7, 11) is 0. The number of nitrogens with zero attached hydrogens (tertiary/aromatic N) is 6. The van der Waals surface area contributed by atoms with Gasteiger partial charge in [0, 0.05) is 18.0 Å². The maximum atomic E-state index is 13.0. The van der Waals surface area contributed by atoms with E-state index in [1.54, 1.807) is 16.8 Å². The van der Waals surface area contributed by atoms with Crippen molar-refractivity contribution in [2.45, 2.75) is 62.7 Å². The molecule has 2 aliphatic carbocycles. The van der Waals surface area contributed by atoms with Crippen LogP contribution >= 0.6 is 0 Å². The van der Waals surface area contributed by atoms with Gasteiger partial charge in [-0.05, 0) is 56.7 Å². The minimum atomic E-state index is -4.63. The molecule has 5 rings (SSSR count). The lowest BCUT2D eigenvalue weighted by molar-refractivity contribution is -0.146. The van der Waals surface area contributed by atoms with Crippen LogP contribution in [0, 0.1) is 0 Å². The highest BCUT2D eigenvalue weighted by Crippen LogP contribution is 2.39. The molecule has 0 amide bonds. The zero-order chi connectivity index (χ0) is 20.9. The molecule has 0 saturated heterocycles. The number of aromatic nitrogens is 6. The lowest BCUT2D eigenvalue weighted by atomic mass is 9.91. The second kappa shape index (κ2) is 7.06. The summed E-state index contributed by atoms with van der Waals surface area (Å²) in [4.78, 5) is 12.3. The van der Waals surface area contributed by atoms with Crippen LogP contribution < -0.4 is 10.9 Å². The van der Waals surface area contributed by atoms with Crippen molar-refractivity contribution >= 4 is 11.5 Å². The Morgan fingerprint density at radius 2 is 1.70 bits per heavy atom. The smallest absolute Gasteiger partial charge is 0.366 e. The summed E-state index contributed by atoms with van der Waals surface area (Å²) in [5.41, 5.74) is 0.939. The maximum absolute atomic E-state index is 13.0. The van der Waals surface area contributed by atoms with Crippen molar-refractivity contribution in [3.8, 4) is 0 Å². The molecule has 0 atom stereocenters. The molecule has 11 heteroatoms. The Morgan fingerprint density at radius 1 is 0.933 bits per heavy atom. The minimum absolute atomic E-state index is 0.0394. The summed E-state index contributed by atoms with van der Waals surface area (Å²) in [5, 5.41) is 18.5. The number of anilines is 1. The van der Waals surface area contributed by atoms with Gasteiger partial charge in [0.05, 0.1) is 11.7 Å². The molecule has 2 aliphatic rings. The summed E-state index contributed by atoms with van der Waals surface area (Å²) >= 11 is 0. The highest BCUT2D eigenvalue weighted by molar-refractivity contribution is 5.44. The van der Waals surface area contributed by atoms with E-state index in [4.69, 9.17) is 0 Å². The third kappa shape index (κ3) is 3.63. The topological polar surface area (TPSA) is 90.0 Å². The second-order valence-corrected chi connectivity index (χ2v) is 7.98. The Bertz CT molecular complexity index is 1130. The summed E-state index contributed by atoms with van der Waals surface area (Å²) in [6, 6.07) is 6.57. The zero-order valence-electron chi connectivity index (χ0n) is 16.0. The molecule has 3 heterocycles. The van der Waals surface area contributed by atoms with Crippen LogP contribution in [0.3, 0.4) is 0 Å². The Morgan fingerprint density at radius 3 is 2.40 bits per heavy atom. The number of alkyl halides is 3. The largest absolute Gasteiger partial charge is 0.453 e. The number of fused-ring (bicyclic) bond motifs is 1. The monoisotopic (exact) mass is 419 g/mol. The van der Waals surface area contributed by atoms with Crippen molar-refractivity contribution in [3.63, 3.8) is 0 Å². The third-order valence-electron chi connectivity index (χ3n) is 5.75. The van der Waals surface area contributed by atoms with Crippen molar-refractivity contribution in [1.29, 1.82) is 0 Å². The predicted molar refractivity (Wildman–Crippen MR) is 101 cm³/mol. The van der Waals surface area contributed by atoms with Crippen molar-refractivity contribution in [3.05, 3.63) is 46.1 Å². The average molecular weight is 419 g/mol. The van der Waals surface area contributed by atoms with Crippen molar-refractivity contribution in [2.75, 3.05) is 5.32 Å². The van der Waals surface area contributed by atoms with Crippen LogP contribution in [-0.4, -0.2) is 35.6 Å². The third-order valence-corrected chi connectivity index (χ3v) is 5.75. The molecule has 0 spiro atoms. The Balaban J connectivity index is 1.27. The van der Waals surface area contributed by atoms with Gasteiger partial charge < -0.3 is 5.32 Å². The van der Waals surface area contributed by atoms with Gasteiger partial charge in [0.25, 0.3) is 11.4 Å². The Hall–Kier alpha value is -2.98. The van der Waals surface area contributed by atoms with E-state index in [0.717, 1.165) is 44.2 Å². The van der Waals surface area contributed by atoms with Crippen molar-refractivity contribution in [2.24, 2.45) is 0 Å². The molecule has 0 unspecified atom stereocenters. The van der Waals surface area contributed by atoms with Crippen LogP contribution in [-0.2, 0) is 6.18 Å². The summed E-state index contributed by atoms with van der Waals surface area (Å²) in [5.74, 6) is -0.330. The lowest BCUT2D eigenvalue weighted by Gasteiger charge is -2.30. The number of rotatable bonds is 4. The summed E-state index contributed by atoms with van der Waals surface area (Å²) in [6.45, 7) is 0. The van der Waals surface area contributed by atoms with Crippen molar-refractivity contribution in [1.82, 2.24) is 29.6 Å². The molecule has 0 radical (unpaired) electrons. The van der Waals surface area contributed by atoms with Gasteiger partial charge in [-0.2, -0.15) is 22.8 Å². The van der Waals surface area contributed by atoms with E-state index in [1.807, 2.05) is 6.07 Å². The average Bonchev–Trinajstić information content (AvgIpc) is 3.47. The van der Waals surface area contributed by atoms with Crippen LogP contribution in [0.15, 0.2) is 29.1 Å². The van der Waals surface area contributed by atoms with Crippen LogP contribution in [0.1, 0.15) is 62.0 Å². The van der Waals surface area contributed by atoms with E-state index in [2.05, 4.69) is 25.7 Å². The maximum Gasteiger partial charge on any atom is 0.453 e. The molecule has 30 heavy (non-hydrogen) atoms. The van der Waals surface area contributed by atoms with Crippen molar-refractivity contribution < 1.29 is 13.2 Å². The fourth-order valence-corrected chi connectivity index (χ4v) is 4.01. The molecule has 0 bridgehead atoms. The van der Waals surface area contributed by atoms with Crippen LogP contribution in [0.25, 0.3) is 5.65 Å². The second-order valence-electron chi connectivity index (χ2n) is 7.98.